The molecule has 2 amide bonds. The zero-order chi connectivity index (χ0) is 18.0. The quantitative estimate of drug-likeness (QED) is 0.831. The van der Waals surface area contributed by atoms with Crippen LogP contribution >= 0.6 is 11.6 Å². The van der Waals surface area contributed by atoms with Gasteiger partial charge < -0.3 is 10.6 Å². The molecule has 6 nitrogen and oxygen atoms in total. The van der Waals surface area contributed by atoms with Gasteiger partial charge in [-0.25, -0.2) is 0 Å². The molecule has 0 saturated heterocycles. The second-order valence-corrected chi connectivity index (χ2v) is 6.71. The molecule has 0 spiro atoms. The molecule has 2 aromatic rings. The summed E-state index contributed by atoms with van der Waals surface area (Å²) in [7, 11) is 1.68. The van der Waals surface area contributed by atoms with Crippen LogP contribution in [0.4, 0.5) is 5.69 Å². The van der Waals surface area contributed by atoms with Gasteiger partial charge in [0.15, 0.2) is 0 Å². The van der Waals surface area contributed by atoms with Gasteiger partial charge in [0, 0.05) is 24.5 Å². The van der Waals surface area contributed by atoms with E-state index in [1.54, 1.807) is 7.05 Å². The fourth-order valence-corrected chi connectivity index (χ4v) is 3.04. The highest BCUT2D eigenvalue weighted by atomic mass is 35.5. The summed E-state index contributed by atoms with van der Waals surface area (Å²) in [5.74, 6) is -0.209. The van der Waals surface area contributed by atoms with Crippen molar-refractivity contribution in [1.82, 2.24) is 15.1 Å². The van der Waals surface area contributed by atoms with E-state index in [9.17, 15) is 9.59 Å². The molecule has 1 aromatic carbocycles. The van der Waals surface area contributed by atoms with E-state index in [2.05, 4.69) is 15.7 Å². The average Bonchev–Trinajstić information content (AvgIpc) is 3.31. The van der Waals surface area contributed by atoms with Crippen LogP contribution in [0, 0.1) is 5.92 Å². The molecular formula is C18H21ClN4O2. The fraction of sp³-hybridized carbons (Fsp3) is 0.389. The number of benzene rings is 1. The third-order valence-corrected chi connectivity index (χ3v) is 4.62. The molecule has 1 aliphatic rings. The van der Waals surface area contributed by atoms with Crippen LogP contribution in [0.1, 0.15) is 41.7 Å². The van der Waals surface area contributed by atoms with Crippen molar-refractivity contribution in [2.24, 2.45) is 13.0 Å². The van der Waals surface area contributed by atoms with Gasteiger partial charge >= 0.3 is 0 Å². The van der Waals surface area contributed by atoms with Gasteiger partial charge in [-0.15, -0.1) is 0 Å². The number of nitrogens with zero attached hydrogens (tertiary/aromatic N) is 2. The minimum absolute atomic E-state index is 0.0857. The van der Waals surface area contributed by atoms with Crippen LogP contribution in [0.2, 0.25) is 5.02 Å². The number of nitrogens with one attached hydrogen (secondary N) is 2. The molecule has 2 atom stereocenters. The molecule has 0 radical (unpaired) electrons. The first-order chi connectivity index (χ1) is 12.0. The highest BCUT2D eigenvalue weighted by Gasteiger charge is 2.44. The van der Waals surface area contributed by atoms with Crippen molar-refractivity contribution in [3.63, 3.8) is 0 Å². The number of hydrogen-bond acceptors (Lipinski definition) is 3. The van der Waals surface area contributed by atoms with Crippen molar-refractivity contribution < 1.29 is 9.59 Å². The van der Waals surface area contributed by atoms with E-state index < -0.39 is 0 Å². The minimum Gasteiger partial charge on any atom is -0.351 e. The molecule has 2 N–H and O–H groups in total. The predicted octanol–water partition coefficient (Wildman–Crippen LogP) is 2.96. The lowest BCUT2D eigenvalue weighted by Crippen LogP contribution is -2.28. The summed E-state index contributed by atoms with van der Waals surface area (Å²) in [6, 6.07) is 7.57. The Morgan fingerprint density at radius 2 is 2.04 bits per heavy atom. The number of hydrogen-bond donors (Lipinski definition) is 2. The molecule has 0 aliphatic heterocycles. The van der Waals surface area contributed by atoms with E-state index in [0.717, 1.165) is 18.4 Å². The third-order valence-electron chi connectivity index (χ3n) is 4.37. The van der Waals surface area contributed by atoms with Crippen LogP contribution in [0.15, 0.2) is 30.5 Å². The van der Waals surface area contributed by atoms with Crippen LogP contribution in [0.3, 0.4) is 0 Å². The van der Waals surface area contributed by atoms with Crippen LogP contribution in [0.25, 0.3) is 0 Å². The van der Waals surface area contributed by atoms with E-state index >= 15 is 0 Å². The summed E-state index contributed by atoms with van der Waals surface area (Å²) >= 11 is 5.90. The maximum absolute atomic E-state index is 12.5. The molecule has 1 saturated carbocycles. The number of carbonyl (C=O) groups is 2. The highest BCUT2D eigenvalue weighted by Crippen LogP contribution is 2.48. The summed E-state index contributed by atoms with van der Waals surface area (Å²) in [5, 5.41) is 10.4. The Balaban J connectivity index is 1.66. The Labute approximate surface area is 151 Å². The van der Waals surface area contributed by atoms with Crippen molar-refractivity contribution >= 4 is 29.1 Å². The summed E-state index contributed by atoms with van der Waals surface area (Å²) in [5.41, 5.74) is 1.92. The number of rotatable bonds is 6. The lowest BCUT2D eigenvalue weighted by molar-refractivity contribution is -0.117. The molecular weight excluding hydrogens is 340 g/mol. The topological polar surface area (TPSA) is 76.0 Å². The van der Waals surface area contributed by atoms with Crippen molar-refractivity contribution in [2.45, 2.75) is 25.7 Å². The number of aryl methyl sites for hydroxylation is 1. The van der Waals surface area contributed by atoms with Crippen molar-refractivity contribution in [2.75, 3.05) is 11.9 Å². The van der Waals surface area contributed by atoms with Crippen LogP contribution in [0.5, 0.6) is 0 Å². The molecule has 1 fully saturated rings. The lowest BCUT2D eigenvalue weighted by Gasteiger charge is -2.08. The number of halogens is 1. The van der Waals surface area contributed by atoms with Gasteiger partial charge in [0.25, 0.3) is 5.91 Å². The molecule has 3 rings (SSSR count). The van der Waals surface area contributed by atoms with Gasteiger partial charge in [-0.05, 0) is 36.5 Å². The first kappa shape index (κ1) is 17.5. The lowest BCUT2D eigenvalue weighted by atomic mass is 10.1. The molecule has 25 heavy (non-hydrogen) atoms. The van der Waals surface area contributed by atoms with Gasteiger partial charge in [0.1, 0.15) is 5.69 Å². The normalized spacial score (nSPS) is 18.7. The molecule has 7 heteroatoms. The second kappa shape index (κ2) is 7.27. The van der Waals surface area contributed by atoms with Gasteiger partial charge in [-0.1, -0.05) is 30.7 Å². The molecule has 2 unspecified atom stereocenters. The first-order valence-electron chi connectivity index (χ1n) is 8.37. The van der Waals surface area contributed by atoms with Crippen molar-refractivity contribution in [3.05, 3.63) is 46.7 Å². The van der Waals surface area contributed by atoms with E-state index in [1.807, 2.05) is 31.2 Å². The molecule has 1 aliphatic carbocycles. The molecule has 1 heterocycles. The number of amides is 2. The second-order valence-electron chi connectivity index (χ2n) is 6.28. The standard InChI is InChI=1S/C18H21ClN4O2/c1-3-8-20-18(25)16-15(10-21-23(16)2)22-17(24)14-9-13(14)11-4-6-12(19)7-5-11/h4-7,10,13-14H,3,8-9H2,1-2H3,(H,20,25)(H,22,24). The Hall–Kier alpha value is -2.34. The summed E-state index contributed by atoms with van der Waals surface area (Å²) in [6.07, 6.45) is 3.15. The van der Waals surface area contributed by atoms with Crippen LogP contribution < -0.4 is 10.6 Å². The van der Waals surface area contributed by atoms with E-state index in [-0.39, 0.29) is 23.7 Å². The maximum Gasteiger partial charge on any atom is 0.271 e. The highest BCUT2D eigenvalue weighted by molar-refractivity contribution is 6.30. The average molecular weight is 361 g/mol. The fourth-order valence-electron chi connectivity index (χ4n) is 2.91. The van der Waals surface area contributed by atoms with E-state index in [0.29, 0.717) is 22.9 Å². The predicted molar refractivity (Wildman–Crippen MR) is 96.8 cm³/mol. The number of anilines is 1. The zero-order valence-electron chi connectivity index (χ0n) is 14.3. The molecule has 0 bridgehead atoms. The zero-order valence-corrected chi connectivity index (χ0v) is 15.0. The van der Waals surface area contributed by atoms with Gasteiger partial charge in [0.05, 0.1) is 11.9 Å². The summed E-state index contributed by atoms with van der Waals surface area (Å²) in [6.45, 7) is 2.56. The summed E-state index contributed by atoms with van der Waals surface area (Å²) in [4.78, 5) is 24.8. The largest absolute Gasteiger partial charge is 0.351 e. The van der Waals surface area contributed by atoms with Gasteiger partial charge in [-0.2, -0.15) is 5.10 Å². The van der Waals surface area contributed by atoms with Gasteiger partial charge in [-0.3, -0.25) is 14.3 Å². The number of carbonyl (C=O) groups excluding carboxylic acids is 2. The van der Waals surface area contributed by atoms with Crippen LogP contribution in [-0.2, 0) is 11.8 Å². The monoisotopic (exact) mass is 360 g/mol. The van der Waals surface area contributed by atoms with Crippen LogP contribution in [-0.4, -0.2) is 28.1 Å². The maximum atomic E-state index is 12.5. The third kappa shape index (κ3) is 3.85. The smallest absolute Gasteiger partial charge is 0.271 e. The Morgan fingerprint density at radius 1 is 1.32 bits per heavy atom. The Kier molecular flexibility index (Phi) is 5.08. The van der Waals surface area contributed by atoms with E-state index in [1.165, 1.54) is 10.9 Å². The van der Waals surface area contributed by atoms with Gasteiger partial charge in [0.2, 0.25) is 5.91 Å². The molecule has 1 aromatic heterocycles. The van der Waals surface area contributed by atoms with Crippen molar-refractivity contribution in [1.29, 1.82) is 0 Å². The van der Waals surface area contributed by atoms with E-state index in [4.69, 9.17) is 11.6 Å². The Bertz CT molecular complexity index is 785. The minimum atomic E-state index is -0.234. The molecule has 132 valence electrons. The first-order valence-corrected chi connectivity index (χ1v) is 8.75. The summed E-state index contributed by atoms with van der Waals surface area (Å²) < 4.78 is 1.48. The number of aromatic nitrogens is 2. The Morgan fingerprint density at radius 3 is 2.72 bits per heavy atom. The van der Waals surface area contributed by atoms with Crippen molar-refractivity contribution in [3.8, 4) is 0 Å². The SMILES string of the molecule is CCCNC(=O)c1c(NC(=O)C2CC2c2ccc(Cl)cc2)cnn1C.